The maximum absolute atomic E-state index is 12.5. The molecule has 0 radical (unpaired) electrons. The fraction of sp³-hybridized carbons (Fsp3) is 0.333. The third kappa shape index (κ3) is 7.04. The van der Waals surface area contributed by atoms with Gasteiger partial charge in [0.05, 0.1) is 24.9 Å². The zero-order chi connectivity index (χ0) is 19.7. The van der Waals surface area contributed by atoms with E-state index in [1.807, 2.05) is 0 Å². The van der Waals surface area contributed by atoms with Crippen molar-refractivity contribution in [3.8, 4) is 0 Å². The number of carbonyl (C=O) groups is 1. The second-order valence-electron chi connectivity index (χ2n) is 5.65. The number of amides is 1. The third-order valence-electron chi connectivity index (χ3n) is 3.67. The van der Waals surface area contributed by atoms with Gasteiger partial charge in [-0.3, -0.25) is 9.79 Å². The number of hydrogen-bond acceptors (Lipinski definition) is 3. The molecule has 1 aromatic heterocycles. The SMILES string of the molecule is CN=C(NCCc1ccc(C(F)(F)F)cc1)NCC(=O)NCc1ccco1. The number of rotatable bonds is 7. The van der Waals surface area contributed by atoms with Crippen molar-refractivity contribution in [2.75, 3.05) is 20.1 Å². The molecule has 6 nitrogen and oxygen atoms in total. The van der Waals surface area contributed by atoms with Gasteiger partial charge in [-0.15, -0.1) is 0 Å². The van der Waals surface area contributed by atoms with Crippen LogP contribution in [0.1, 0.15) is 16.9 Å². The Kier molecular flexibility index (Phi) is 7.27. The van der Waals surface area contributed by atoms with Gasteiger partial charge in [-0.05, 0) is 36.2 Å². The lowest BCUT2D eigenvalue weighted by atomic mass is 10.1. The first kappa shape index (κ1) is 20.3. The van der Waals surface area contributed by atoms with Crippen LogP contribution in [0.4, 0.5) is 13.2 Å². The van der Waals surface area contributed by atoms with Crippen LogP contribution in [0.5, 0.6) is 0 Å². The van der Waals surface area contributed by atoms with E-state index >= 15 is 0 Å². The van der Waals surface area contributed by atoms with E-state index in [0.29, 0.717) is 31.2 Å². The normalized spacial score (nSPS) is 11.9. The van der Waals surface area contributed by atoms with Crippen molar-refractivity contribution >= 4 is 11.9 Å². The highest BCUT2D eigenvalue weighted by atomic mass is 19.4. The highest BCUT2D eigenvalue weighted by Crippen LogP contribution is 2.29. The maximum Gasteiger partial charge on any atom is 0.416 e. The molecular formula is C18H21F3N4O2. The number of hydrogen-bond donors (Lipinski definition) is 3. The molecule has 0 unspecified atom stereocenters. The largest absolute Gasteiger partial charge is 0.467 e. The van der Waals surface area contributed by atoms with Crippen molar-refractivity contribution in [3.63, 3.8) is 0 Å². The Morgan fingerprint density at radius 1 is 1.11 bits per heavy atom. The number of aliphatic imine (C=N–C) groups is 1. The first-order valence-corrected chi connectivity index (χ1v) is 8.28. The lowest BCUT2D eigenvalue weighted by Gasteiger charge is -2.12. The molecule has 1 amide bonds. The number of furan rings is 1. The third-order valence-corrected chi connectivity index (χ3v) is 3.67. The molecule has 9 heteroatoms. The van der Waals surface area contributed by atoms with Gasteiger partial charge in [-0.2, -0.15) is 13.2 Å². The summed E-state index contributed by atoms with van der Waals surface area (Å²) in [5, 5.41) is 8.56. The smallest absolute Gasteiger partial charge is 0.416 e. The predicted octanol–water partition coefficient (Wildman–Crippen LogP) is 2.32. The van der Waals surface area contributed by atoms with E-state index in [0.717, 1.165) is 17.7 Å². The highest BCUT2D eigenvalue weighted by Gasteiger charge is 2.29. The Labute approximate surface area is 154 Å². The summed E-state index contributed by atoms with van der Waals surface area (Å²) in [6.07, 6.45) is -2.29. The highest BCUT2D eigenvalue weighted by molar-refractivity contribution is 5.86. The molecule has 1 aromatic carbocycles. The van der Waals surface area contributed by atoms with Gasteiger partial charge in [-0.1, -0.05) is 12.1 Å². The Balaban J connectivity index is 1.68. The van der Waals surface area contributed by atoms with Crippen LogP contribution in [0.3, 0.4) is 0 Å². The Morgan fingerprint density at radius 3 is 2.44 bits per heavy atom. The van der Waals surface area contributed by atoms with Crippen LogP contribution in [0.2, 0.25) is 0 Å². The molecule has 0 bridgehead atoms. The molecule has 0 atom stereocenters. The molecule has 27 heavy (non-hydrogen) atoms. The van der Waals surface area contributed by atoms with E-state index in [9.17, 15) is 18.0 Å². The second-order valence-corrected chi connectivity index (χ2v) is 5.65. The number of nitrogens with zero attached hydrogens (tertiary/aromatic N) is 1. The molecule has 2 aromatic rings. The average Bonchev–Trinajstić information content (AvgIpc) is 3.16. The molecular weight excluding hydrogens is 361 g/mol. The topological polar surface area (TPSA) is 78.7 Å². The summed E-state index contributed by atoms with van der Waals surface area (Å²) in [5.74, 6) is 0.856. The van der Waals surface area contributed by atoms with E-state index in [1.54, 1.807) is 19.2 Å². The van der Waals surface area contributed by atoms with Crippen molar-refractivity contribution in [3.05, 3.63) is 59.5 Å². The lowest BCUT2D eigenvalue weighted by Crippen LogP contribution is -2.43. The van der Waals surface area contributed by atoms with Crippen molar-refractivity contribution < 1.29 is 22.4 Å². The van der Waals surface area contributed by atoms with Crippen LogP contribution in [-0.2, 0) is 23.9 Å². The molecule has 0 aliphatic heterocycles. The number of halogens is 3. The average molecular weight is 382 g/mol. The predicted molar refractivity (Wildman–Crippen MR) is 95.1 cm³/mol. The molecule has 1 heterocycles. The quantitative estimate of drug-likeness (QED) is 0.507. The van der Waals surface area contributed by atoms with Crippen LogP contribution < -0.4 is 16.0 Å². The molecule has 0 aliphatic carbocycles. The summed E-state index contributed by atoms with van der Waals surface area (Å²) in [6.45, 7) is 0.785. The van der Waals surface area contributed by atoms with Gasteiger partial charge in [0.1, 0.15) is 5.76 Å². The summed E-state index contributed by atoms with van der Waals surface area (Å²) < 4.78 is 42.7. The number of benzene rings is 1. The van der Waals surface area contributed by atoms with E-state index in [-0.39, 0.29) is 12.5 Å². The minimum absolute atomic E-state index is 0.0284. The molecule has 0 spiro atoms. The van der Waals surface area contributed by atoms with Gasteiger partial charge in [0.15, 0.2) is 5.96 Å². The summed E-state index contributed by atoms with van der Waals surface area (Å²) >= 11 is 0. The fourth-order valence-electron chi connectivity index (χ4n) is 2.23. The number of alkyl halides is 3. The number of nitrogens with one attached hydrogen (secondary N) is 3. The zero-order valence-corrected chi connectivity index (χ0v) is 14.8. The first-order chi connectivity index (χ1) is 12.9. The van der Waals surface area contributed by atoms with Crippen molar-refractivity contribution in [2.45, 2.75) is 19.1 Å². The van der Waals surface area contributed by atoms with E-state index in [4.69, 9.17) is 4.42 Å². The molecule has 0 fully saturated rings. The van der Waals surface area contributed by atoms with E-state index in [1.165, 1.54) is 18.4 Å². The first-order valence-electron chi connectivity index (χ1n) is 8.28. The van der Waals surface area contributed by atoms with Gasteiger partial charge in [-0.25, -0.2) is 0 Å². The van der Waals surface area contributed by atoms with Gasteiger partial charge in [0.2, 0.25) is 5.91 Å². The summed E-state index contributed by atoms with van der Waals surface area (Å²) in [7, 11) is 1.56. The minimum Gasteiger partial charge on any atom is -0.467 e. The number of guanidine groups is 1. The number of carbonyl (C=O) groups excluding carboxylic acids is 1. The Hall–Kier alpha value is -2.97. The summed E-state index contributed by atoms with van der Waals surface area (Å²) in [5.41, 5.74) is 0.0967. The standard InChI is InChI=1S/C18H21F3N4O2/c1-22-17(25-12-16(26)24-11-15-3-2-10-27-15)23-9-8-13-4-6-14(7-5-13)18(19,20)21/h2-7,10H,8-9,11-12H2,1H3,(H,24,26)(H2,22,23,25). The van der Waals surface area contributed by atoms with E-state index in [2.05, 4.69) is 20.9 Å². The van der Waals surface area contributed by atoms with Crippen LogP contribution in [-0.4, -0.2) is 32.0 Å². The van der Waals surface area contributed by atoms with Crippen LogP contribution in [0.25, 0.3) is 0 Å². The lowest BCUT2D eigenvalue weighted by molar-refractivity contribution is -0.137. The fourth-order valence-corrected chi connectivity index (χ4v) is 2.23. The molecule has 146 valence electrons. The van der Waals surface area contributed by atoms with Gasteiger partial charge in [0.25, 0.3) is 0 Å². The molecule has 0 saturated heterocycles. The molecule has 3 N–H and O–H groups in total. The van der Waals surface area contributed by atoms with Gasteiger partial charge in [0, 0.05) is 13.6 Å². The minimum atomic E-state index is -4.33. The van der Waals surface area contributed by atoms with Crippen LogP contribution in [0, 0.1) is 0 Å². The Bertz CT molecular complexity index is 741. The summed E-state index contributed by atoms with van der Waals surface area (Å²) in [4.78, 5) is 15.8. The van der Waals surface area contributed by atoms with Crippen molar-refractivity contribution in [1.82, 2.24) is 16.0 Å². The Morgan fingerprint density at radius 2 is 1.85 bits per heavy atom. The van der Waals surface area contributed by atoms with Crippen LogP contribution in [0.15, 0.2) is 52.1 Å². The molecule has 0 aliphatic rings. The van der Waals surface area contributed by atoms with Crippen molar-refractivity contribution in [2.24, 2.45) is 4.99 Å². The molecule has 2 rings (SSSR count). The van der Waals surface area contributed by atoms with Crippen LogP contribution >= 0.6 is 0 Å². The zero-order valence-electron chi connectivity index (χ0n) is 14.8. The summed E-state index contributed by atoms with van der Waals surface area (Å²) in [6, 6.07) is 8.51. The van der Waals surface area contributed by atoms with Gasteiger partial charge >= 0.3 is 6.18 Å². The van der Waals surface area contributed by atoms with Gasteiger partial charge < -0.3 is 20.4 Å². The van der Waals surface area contributed by atoms with Crippen molar-refractivity contribution in [1.29, 1.82) is 0 Å². The molecule has 0 saturated carbocycles. The maximum atomic E-state index is 12.5. The monoisotopic (exact) mass is 382 g/mol. The second kappa shape index (κ2) is 9.65. The van der Waals surface area contributed by atoms with E-state index < -0.39 is 11.7 Å².